The molecule has 30 heavy (non-hydrogen) atoms. The van der Waals surface area contributed by atoms with Crippen molar-refractivity contribution in [2.24, 2.45) is 0 Å². The van der Waals surface area contributed by atoms with Gasteiger partial charge in [-0.25, -0.2) is 9.37 Å². The van der Waals surface area contributed by atoms with Gasteiger partial charge >= 0.3 is 0 Å². The second kappa shape index (κ2) is 9.09. The van der Waals surface area contributed by atoms with Crippen LogP contribution in [0.1, 0.15) is 28.2 Å². The molecule has 4 aromatic rings. The maximum atomic E-state index is 13.0. The monoisotopic (exact) mass is 421 g/mol. The summed E-state index contributed by atoms with van der Waals surface area (Å²) in [5.41, 5.74) is 3.63. The van der Waals surface area contributed by atoms with E-state index in [1.54, 1.807) is 0 Å². The molecule has 0 aliphatic rings. The van der Waals surface area contributed by atoms with E-state index in [0.717, 1.165) is 35.3 Å². The van der Waals surface area contributed by atoms with Gasteiger partial charge in [-0.1, -0.05) is 35.9 Å². The number of benzene rings is 3. The Morgan fingerprint density at radius 2 is 1.73 bits per heavy atom. The number of nitrogens with zero attached hydrogens (tertiary/aromatic N) is 2. The number of para-hydroxylation sites is 2. The number of aryl methyl sites for hydroxylation is 1. The Hall–Kier alpha value is -3.18. The zero-order valence-corrected chi connectivity index (χ0v) is 17.1. The van der Waals surface area contributed by atoms with E-state index < -0.39 is 0 Å². The third kappa shape index (κ3) is 4.69. The second-order valence-corrected chi connectivity index (χ2v) is 7.53. The molecule has 4 rings (SSSR count). The molecule has 0 aliphatic carbocycles. The number of amides is 1. The predicted molar refractivity (Wildman–Crippen MR) is 117 cm³/mol. The largest absolute Gasteiger partial charge is 0.352 e. The van der Waals surface area contributed by atoms with Crippen molar-refractivity contribution in [3.8, 4) is 0 Å². The molecule has 6 heteroatoms. The average molecular weight is 422 g/mol. The summed E-state index contributed by atoms with van der Waals surface area (Å²) in [7, 11) is 0. The number of carbonyl (C=O) groups excluding carboxylic acids is 1. The van der Waals surface area contributed by atoms with Gasteiger partial charge in [0.1, 0.15) is 11.6 Å². The molecular formula is C24H21ClFN3O. The zero-order chi connectivity index (χ0) is 20.9. The van der Waals surface area contributed by atoms with Gasteiger partial charge in [-0.3, -0.25) is 4.79 Å². The first kappa shape index (κ1) is 20.1. The van der Waals surface area contributed by atoms with Crippen molar-refractivity contribution >= 4 is 28.5 Å². The predicted octanol–water partition coefficient (Wildman–Crippen LogP) is 5.24. The standard InChI is InChI=1S/C24H21ClFN3O/c25-19-11-7-17(8-12-19)16-29-22-5-2-1-4-21(22)28-23(29)6-3-15-27-24(30)18-9-13-20(26)14-10-18/h1-2,4-5,7-14H,3,6,15-16H2,(H,27,30). The van der Waals surface area contributed by atoms with E-state index >= 15 is 0 Å². The van der Waals surface area contributed by atoms with Crippen LogP contribution in [0.3, 0.4) is 0 Å². The van der Waals surface area contributed by atoms with E-state index in [1.807, 2.05) is 42.5 Å². The number of rotatable bonds is 7. The number of halogens is 2. The molecule has 0 fully saturated rings. The molecule has 0 aliphatic heterocycles. The number of carbonyl (C=O) groups is 1. The topological polar surface area (TPSA) is 46.9 Å². The van der Waals surface area contributed by atoms with Crippen LogP contribution in [-0.2, 0) is 13.0 Å². The molecule has 3 aromatic carbocycles. The summed E-state index contributed by atoms with van der Waals surface area (Å²) in [6.45, 7) is 1.22. The van der Waals surface area contributed by atoms with Crippen molar-refractivity contribution in [3.63, 3.8) is 0 Å². The molecule has 1 aromatic heterocycles. The molecule has 0 unspecified atom stereocenters. The fourth-order valence-electron chi connectivity index (χ4n) is 3.42. The second-order valence-electron chi connectivity index (χ2n) is 7.10. The number of nitrogens with one attached hydrogen (secondary N) is 1. The minimum Gasteiger partial charge on any atom is -0.352 e. The van der Waals surface area contributed by atoms with Crippen molar-refractivity contribution < 1.29 is 9.18 Å². The van der Waals surface area contributed by atoms with Crippen molar-refractivity contribution in [2.45, 2.75) is 19.4 Å². The molecule has 1 amide bonds. The Balaban J connectivity index is 1.43. The Bertz CT molecular complexity index is 1150. The summed E-state index contributed by atoms with van der Waals surface area (Å²) >= 11 is 6.01. The summed E-state index contributed by atoms with van der Waals surface area (Å²) in [6, 6.07) is 21.4. The highest BCUT2D eigenvalue weighted by Gasteiger charge is 2.11. The van der Waals surface area contributed by atoms with E-state index in [2.05, 4.69) is 16.0 Å². The van der Waals surface area contributed by atoms with Gasteiger partial charge in [0, 0.05) is 30.1 Å². The van der Waals surface area contributed by atoms with Crippen LogP contribution >= 0.6 is 11.6 Å². The van der Waals surface area contributed by atoms with Gasteiger partial charge in [-0.2, -0.15) is 0 Å². The number of aromatic nitrogens is 2. The lowest BCUT2D eigenvalue weighted by molar-refractivity contribution is 0.0953. The minimum absolute atomic E-state index is 0.204. The summed E-state index contributed by atoms with van der Waals surface area (Å²) in [5, 5.41) is 3.60. The summed E-state index contributed by atoms with van der Waals surface area (Å²) < 4.78 is 15.2. The lowest BCUT2D eigenvalue weighted by atomic mass is 10.2. The molecule has 152 valence electrons. The first-order valence-corrected chi connectivity index (χ1v) is 10.2. The van der Waals surface area contributed by atoms with Gasteiger partial charge in [0.25, 0.3) is 5.91 Å². The number of hydrogen-bond acceptors (Lipinski definition) is 2. The molecule has 0 radical (unpaired) electrons. The number of hydrogen-bond donors (Lipinski definition) is 1. The fourth-order valence-corrected chi connectivity index (χ4v) is 3.54. The van der Waals surface area contributed by atoms with Crippen molar-refractivity contribution in [2.75, 3.05) is 6.54 Å². The lowest BCUT2D eigenvalue weighted by Gasteiger charge is -2.10. The smallest absolute Gasteiger partial charge is 0.251 e. The molecule has 0 atom stereocenters. The molecule has 1 N–H and O–H groups in total. The van der Waals surface area contributed by atoms with Gasteiger partial charge in [0.15, 0.2) is 0 Å². The van der Waals surface area contributed by atoms with Gasteiger partial charge in [0.05, 0.1) is 11.0 Å². The highest BCUT2D eigenvalue weighted by molar-refractivity contribution is 6.30. The summed E-state index contributed by atoms with van der Waals surface area (Å²) in [6.07, 6.45) is 1.48. The van der Waals surface area contributed by atoms with Crippen LogP contribution in [0.2, 0.25) is 5.02 Å². The SMILES string of the molecule is O=C(NCCCc1nc2ccccc2n1Cc1ccc(Cl)cc1)c1ccc(F)cc1. The molecule has 0 spiro atoms. The van der Waals surface area contributed by atoms with E-state index in [4.69, 9.17) is 16.6 Å². The zero-order valence-electron chi connectivity index (χ0n) is 16.3. The van der Waals surface area contributed by atoms with E-state index in [1.165, 1.54) is 24.3 Å². The molecule has 1 heterocycles. The van der Waals surface area contributed by atoms with Gasteiger partial charge in [-0.15, -0.1) is 0 Å². The van der Waals surface area contributed by atoms with Gasteiger partial charge in [0.2, 0.25) is 0 Å². The van der Waals surface area contributed by atoms with Crippen LogP contribution in [0.15, 0.2) is 72.8 Å². The third-order valence-electron chi connectivity index (χ3n) is 4.96. The highest BCUT2D eigenvalue weighted by Crippen LogP contribution is 2.20. The fraction of sp³-hybridized carbons (Fsp3) is 0.167. The molecule has 4 nitrogen and oxygen atoms in total. The first-order valence-electron chi connectivity index (χ1n) is 9.82. The maximum Gasteiger partial charge on any atom is 0.251 e. The van der Waals surface area contributed by atoms with Crippen molar-refractivity contribution in [1.29, 1.82) is 0 Å². The van der Waals surface area contributed by atoms with Gasteiger partial charge < -0.3 is 9.88 Å². The van der Waals surface area contributed by atoms with E-state index in [9.17, 15) is 9.18 Å². The average Bonchev–Trinajstić information content (AvgIpc) is 3.10. The summed E-state index contributed by atoms with van der Waals surface area (Å²) in [5.74, 6) is 0.415. The maximum absolute atomic E-state index is 13.0. The normalized spacial score (nSPS) is 11.0. The lowest BCUT2D eigenvalue weighted by Crippen LogP contribution is -2.25. The van der Waals surface area contributed by atoms with Crippen LogP contribution in [-0.4, -0.2) is 22.0 Å². The quantitative estimate of drug-likeness (QED) is 0.415. The van der Waals surface area contributed by atoms with E-state index in [-0.39, 0.29) is 11.7 Å². The minimum atomic E-state index is -0.355. The Morgan fingerprint density at radius 3 is 2.50 bits per heavy atom. The number of imidazole rings is 1. The molecule has 0 saturated carbocycles. The van der Waals surface area contributed by atoms with Crippen LogP contribution < -0.4 is 5.32 Å². The summed E-state index contributed by atoms with van der Waals surface area (Å²) in [4.78, 5) is 17.0. The van der Waals surface area contributed by atoms with Crippen molar-refractivity contribution in [1.82, 2.24) is 14.9 Å². The van der Waals surface area contributed by atoms with Crippen LogP contribution in [0.25, 0.3) is 11.0 Å². The third-order valence-corrected chi connectivity index (χ3v) is 5.21. The Kier molecular flexibility index (Phi) is 6.10. The Labute approximate surface area is 179 Å². The van der Waals surface area contributed by atoms with Crippen LogP contribution in [0.5, 0.6) is 0 Å². The van der Waals surface area contributed by atoms with Crippen LogP contribution in [0, 0.1) is 5.82 Å². The van der Waals surface area contributed by atoms with Crippen LogP contribution in [0.4, 0.5) is 4.39 Å². The highest BCUT2D eigenvalue weighted by atomic mass is 35.5. The molecule has 0 bridgehead atoms. The van der Waals surface area contributed by atoms with Gasteiger partial charge in [-0.05, 0) is 60.5 Å². The molecule has 0 saturated heterocycles. The first-order chi connectivity index (χ1) is 14.6. The van der Waals surface area contributed by atoms with E-state index in [0.29, 0.717) is 23.7 Å². The van der Waals surface area contributed by atoms with Crippen molar-refractivity contribution in [3.05, 3.63) is 101 Å². The number of fused-ring (bicyclic) bond motifs is 1. The Morgan fingerprint density at radius 1 is 1.00 bits per heavy atom. The molecular weight excluding hydrogens is 401 g/mol.